The van der Waals surface area contributed by atoms with E-state index in [1.165, 1.54) is 4.90 Å². The Morgan fingerprint density at radius 3 is 2.58 bits per heavy atom. The molecule has 9 heteroatoms. The lowest BCUT2D eigenvalue weighted by Crippen LogP contribution is -2.56. The van der Waals surface area contributed by atoms with Crippen LogP contribution in [-0.2, 0) is 0 Å². The number of ether oxygens (including phenoxy) is 1. The summed E-state index contributed by atoms with van der Waals surface area (Å²) in [6.07, 6.45) is 6.13. The van der Waals surface area contributed by atoms with Gasteiger partial charge in [0.25, 0.3) is 11.8 Å². The molecule has 166 valence electrons. The molecular weight excluding hydrogens is 404 g/mol. The fraction of sp³-hybridized carbons (Fsp3) is 0.545. The Balaban J connectivity index is 1.52. The number of amides is 1. The van der Waals surface area contributed by atoms with Crippen molar-refractivity contribution in [3.8, 4) is 5.88 Å². The van der Waals surface area contributed by atoms with Crippen molar-refractivity contribution in [1.29, 1.82) is 0 Å². The van der Waals surface area contributed by atoms with E-state index in [2.05, 4.69) is 34.1 Å². The van der Waals surface area contributed by atoms with Crippen LogP contribution in [0.5, 0.6) is 5.88 Å². The Morgan fingerprint density at radius 1 is 1.26 bits per heavy atom. The summed E-state index contributed by atoms with van der Waals surface area (Å²) in [5, 5.41) is 2.96. The standard InChI is InChI=1S/C22H27F2N5O2/c1-14(2)10-17(19-25-8-3-9-26-19)27-20(30)16-6-7-18(29-12-22(23,24)13-29)21(28-16)31-11-15-4-5-15/h3,6-9,14-15,17H,4-5,10-13H2,1-2H3,(H,27,30). The molecule has 2 aromatic rings. The number of hydrogen-bond acceptors (Lipinski definition) is 6. The molecule has 2 fully saturated rings. The lowest BCUT2D eigenvalue weighted by atomic mass is 10.0. The van der Waals surface area contributed by atoms with Gasteiger partial charge in [-0.15, -0.1) is 0 Å². The van der Waals surface area contributed by atoms with Crippen molar-refractivity contribution in [3.05, 3.63) is 42.1 Å². The average Bonchev–Trinajstić information content (AvgIpc) is 3.54. The third-order valence-corrected chi connectivity index (χ3v) is 5.32. The van der Waals surface area contributed by atoms with Crippen molar-refractivity contribution in [1.82, 2.24) is 20.3 Å². The zero-order valence-electron chi connectivity index (χ0n) is 17.7. The number of aromatic nitrogens is 3. The van der Waals surface area contributed by atoms with Crippen LogP contribution < -0.4 is 15.0 Å². The molecule has 2 aliphatic rings. The summed E-state index contributed by atoms with van der Waals surface area (Å²) < 4.78 is 32.6. The molecule has 2 aromatic heterocycles. The zero-order chi connectivity index (χ0) is 22.0. The molecule has 1 amide bonds. The number of rotatable bonds is 9. The summed E-state index contributed by atoms with van der Waals surface area (Å²) in [4.78, 5) is 27.4. The maximum atomic E-state index is 13.4. The summed E-state index contributed by atoms with van der Waals surface area (Å²) in [5.74, 6) is -1.54. The summed E-state index contributed by atoms with van der Waals surface area (Å²) in [5.41, 5.74) is 0.666. The van der Waals surface area contributed by atoms with E-state index in [9.17, 15) is 13.6 Å². The van der Waals surface area contributed by atoms with Gasteiger partial charge in [0, 0.05) is 12.4 Å². The van der Waals surface area contributed by atoms with Gasteiger partial charge in [-0.25, -0.2) is 23.7 Å². The highest BCUT2D eigenvalue weighted by molar-refractivity contribution is 5.93. The van der Waals surface area contributed by atoms with Crippen molar-refractivity contribution in [2.75, 3.05) is 24.6 Å². The Kier molecular flexibility index (Phi) is 6.02. The number of halogens is 2. The highest BCUT2D eigenvalue weighted by Gasteiger charge is 2.45. The lowest BCUT2D eigenvalue weighted by Gasteiger charge is -2.40. The molecule has 0 bridgehead atoms. The van der Waals surface area contributed by atoms with Gasteiger partial charge in [0.15, 0.2) is 0 Å². The molecular formula is C22H27F2N5O2. The van der Waals surface area contributed by atoms with Crippen LogP contribution in [0.4, 0.5) is 14.5 Å². The second-order valence-electron chi connectivity index (χ2n) is 8.75. The summed E-state index contributed by atoms with van der Waals surface area (Å²) >= 11 is 0. The molecule has 1 atom stereocenters. The van der Waals surface area contributed by atoms with Gasteiger partial charge in [0.1, 0.15) is 17.2 Å². The number of anilines is 1. The van der Waals surface area contributed by atoms with Crippen molar-refractivity contribution < 1.29 is 18.3 Å². The van der Waals surface area contributed by atoms with Crippen LogP contribution in [-0.4, -0.2) is 46.5 Å². The molecule has 1 N–H and O–H groups in total. The summed E-state index contributed by atoms with van der Waals surface area (Å²) in [6, 6.07) is 4.54. The second-order valence-corrected chi connectivity index (χ2v) is 8.75. The Bertz CT molecular complexity index is 913. The highest BCUT2D eigenvalue weighted by Crippen LogP contribution is 2.38. The average molecular weight is 431 g/mol. The Labute approximate surface area is 180 Å². The summed E-state index contributed by atoms with van der Waals surface area (Å²) in [7, 11) is 0. The van der Waals surface area contributed by atoms with E-state index in [1.54, 1.807) is 30.6 Å². The van der Waals surface area contributed by atoms with Gasteiger partial charge in [-0.1, -0.05) is 13.8 Å². The smallest absolute Gasteiger partial charge is 0.282 e. The topological polar surface area (TPSA) is 80.2 Å². The molecule has 0 aromatic carbocycles. The van der Waals surface area contributed by atoms with Crippen LogP contribution in [0.1, 0.15) is 55.5 Å². The zero-order valence-corrected chi connectivity index (χ0v) is 17.7. The first kappa shape index (κ1) is 21.4. The van der Waals surface area contributed by atoms with Crippen LogP contribution in [0, 0.1) is 11.8 Å². The number of pyridine rings is 1. The number of carbonyl (C=O) groups excluding carboxylic acids is 1. The van der Waals surface area contributed by atoms with Crippen molar-refractivity contribution in [2.45, 2.75) is 45.1 Å². The Morgan fingerprint density at radius 2 is 1.97 bits per heavy atom. The fourth-order valence-electron chi connectivity index (χ4n) is 3.49. The van der Waals surface area contributed by atoms with Gasteiger partial charge in [-0.3, -0.25) is 4.79 Å². The number of carbonyl (C=O) groups is 1. The van der Waals surface area contributed by atoms with E-state index in [1.807, 2.05) is 0 Å². The van der Waals surface area contributed by atoms with Gasteiger partial charge in [0.2, 0.25) is 5.88 Å². The first-order valence-electron chi connectivity index (χ1n) is 10.6. The van der Waals surface area contributed by atoms with Crippen molar-refractivity contribution in [2.24, 2.45) is 11.8 Å². The second kappa shape index (κ2) is 8.72. The Hall–Kier alpha value is -2.84. The molecule has 1 aliphatic heterocycles. The van der Waals surface area contributed by atoms with Crippen LogP contribution in [0.25, 0.3) is 0 Å². The molecule has 1 saturated carbocycles. The number of nitrogens with zero attached hydrogens (tertiary/aromatic N) is 4. The molecule has 0 spiro atoms. The van der Waals surface area contributed by atoms with Gasteiger partial charge in [0.05, 0.1) is 25.7 Å². The van der Waals surface area contributed by atoms with E-state index >= 15 is 0 Å². The minimum Gasteiger partial charge on any atom is -0.476 e. The molecule has 31 heavy (non-hydrogen) atoms. The van der Waals surface area contributed by atoms with Gasteiger partial charge in [-0.05, 0) is 49.3 Å². The highest BCUT2D eigenvalue weighted by atomic mass is 19.3. The van der Waals surface area contributed by atoms with Crippen LogP contribution in [0.3, 0.4) is 0 Å². The predicted octanol–water partition coefficient (Wildman–Crippen LogP) is 3.63. The number of nitrogens with one attached hydrogen (secondary N) is 1. The van der Waals surface area contributed by atoms with Gasteiger partial charge < -0.3 is 15.0 Å². The van der Waals surface area contributed by atoms with E-state index in [0.717, 1.165) is 12.8 Å². The SMILES string of the molecule is CC(C)CC(NC(=O)c1ccc(N2CC(F)(F)C2)c(OCC2CC2)n1)c1ncccn1. The van der Waals surface area contributed by atoms with E-state index in [0.29, 0.717) is 36.4 Å². The molecule has 0 radical (unpaired) electrons. The first-order valence-corrected chi connectivity index (χ1v) is 10.6. The van der Waals surface area contributed by atoms with Crippen molar-refractivity contribution in [3.63, 3.8) is 0 Å². The van der Waals surface area contributed by atoms with E-state index in [4.69, 9.17) is 4.74 Å². The van der Waals surface area contributed by atoms with Crippen molar-refractivity contribution >= 4 is 11.6 Å². The fourth-order valence-corrected chi connectivity index (χ4v) is 3.49. The van der Waals surface area contributed by atoms with Crippen LogP contribution >= 0.6 is 0 Å². The monoisotopic (exact) mass is 431 g/mol. The molecule has 7 nitrogen and oxygen atoms in total. The van der Waals surface area contributed by atoms with Gasteiger partial charge in [-0.2, -0.15) is 0 Å². The molecule has 4 rings (SSSR count). The number of alkyl halides is 2. The predicted molar refractivity (Wildman–Crippen MR) is 111 cm³/mol. The van der Waals surface area contributed by atoms with Gasteiger partial charge >= 0.3 is 0 Å². The maximum absolute atomic E-state index is 13.4. The van der Waals surface area contributed by atoms with Crippen LogP contribution in [0.2, 0.25) is 0 Å². The lowest BCUT2D eigenvalue weighted by molar-refractivity contribution is -0.0265. The quantitative estimate of drug-likeness (QED) is 0.653. The molecule has 1 saturated heterocycles. The largest absolute Gasteiger partial charge is 0.476 e. The van der Waals surface area contributed by atoms with E-state index < -0.39 is 5.92 Å². The normalized spacial score (nSPS) is 18.4. The minimum atomic E-state index is -2.70. The third-order valence-electron chi connectivity index (χ3n) is 5.32. The minimum absolute atomic E-state index is 0.173. The van der Waals surface area contributed by atoms with Crippen LogP contribution in [0.15, 0.2) is 30.6 Å². The maximum Gasteiger partial charge on any atom is 0.282 e. The van der Waals surface area contributed by atoms with E-state index in [-0.39, 0.29) is 36.6 Å². The number of hydrogen-bond donors (Lipinski definition) is 1. The third kappa shape index (κ3) is 5.45. The molecule has 1 aliphatic carbocycles. The molecule has 3 heterocycles. The first-order chi connectivity index (χ1) is 14.8. The molecule has 1 unspecified atom stereocenters. The summed E-state index contributed by atoms with van der Waals surface area (Å²) in [6.45, 7) is 3.84.